The monoisotopic (exact) mass is 306 g/mol. The van der Waals surface area contributed by atoms with Crippen LogP contribution in [0.4, 0.5) is 0 Å². The molecule has 1 amide bonds. The number of nitrogens with one attached hydrogen (secondary N) is 2. The first-order valence-corrected chi connectivity index (χ1v) is 7.27. The number of carbonyl (C=O) groups excluding carboxylic acids is 1. The number of rotatable bonds is 2. The third-order valence-electron chi connectivity index (χ3n) is 4.66. The number of halogens is 1. The molecule has 0 saturated carbocycles. The van der Waals surface area contributed by atoms with Crippen LogP contribution in [-0.2, 0) is 0 Å². The number of carbonyl (C=O) groups is 1. The van der Waals surface area contributed by atoms with Crippen LogP contribution in [0.2, 0.25) is 0 Å². The molecule has 2 N–H and O–H groups in total. The van der Waals surface area contributed by atoms with E-state index in [4.69, 9.17) is 0 Å². The number of hydrogen-bond acceptors (Lipinski definition) is 3. The molecule has 3 aliphatic rings. The molecule has 6 heteroatoms. The molecule has 0 unspecified atom stereocenters. The summed E-state index contributed by atoms with van der Waals surface area (Å²) >= 11 is 0. The Bertz CT molecular complexity index is 648. The Morgan fingerprint density at radius 2 is 2.05 bits per heavy atom. The molecule has 0 radical (unpaired) electrons. The van der Waals surface area contributed by atoms with Gasteiger partial charge in [0.2, 0.25) is 0 Å². The molecule has 1 aromatic carbocycles. The Morgan fingerprint density at radius 3 is 2.76 bits per heavy atom. The summed E-state index contributed by atoms with van der Waals surface area (Å²) in [4.78, 5) is 14.9. The van der Waals surface area contributed by atoms with Crippen molar-refractivity contribution in [3.05, 3.63) is 30.0 Å². The average molecular weight is 307 g/mol. The van der Waals surface area contributed by atoms with Crippen LogP contribution in [0.25, 0.3) is 10.9 Å². The summed E-state index contributed by atoms with van der Waals surface area (Å²) in [5.41, 5.74) is 1.42. The van der Waals surface area contributed by atoms with Crippen molar-refractivity contribution in [2.45, 2.75) is 18.9 Å². The van der Waals surface area contributed by atoms with Crippen LogP contribution in [0.1, 0.15) is 23.3 Å². The molecule has 0 spiro atoms. The van der Waals surface area contributed by atoms with E-state index in [1.165, 1.54) is 25.9 Å². The zero-order valence-corrected chi connectivity index (χ0v) is 12.5. The van der Waals surface area contributed by atoms with Crippen LogP contribution in [0.15, 0.2) is 24.3 Å². The van der Waals surface area contributed by atoms with Crippen molar-refractivity contribution in [1.29, 1.82) is 0 Å². The molecule has 5 nitrogen and oxygen atoms in total. The minimum atomic E-state index is -0.0544. The van der Waals surface area contributed by atoms with Crippen molar-refractivity contribution in [1.82, 2.24) is 20.4 Å². The first-order chi connectivity index (χ1) is 9.81. The van der Waals surface area contributed by atoms with E-state index in [1.54, 1.807) is 0 Å². The van der Waals surface area contributed by atoms with E-state index < -0.39 is 0 Å². The summed E-state index contributed by atoms with van der Waals surface area (Å²) in [6, 6.07) is 8.02. The maximum atomic E-state index is 12.5. The maximum Gasteiger partial charge on any atom is 0.272 e. The minimum Gasteiger partial charge on any atom is -0.346 e. The van der Waals surface area contributed by atoms with E-state index in [-0.39, 0.29) is 24.4 Å². The second kappa shape index (κ2) is 5.66. The maximum absolute atomic E-state index is 12.5. The average Bonchev–Trinajstić information content (AvgIpc) is 2.92. The summed E-state index contributed by atoms with van der Waals surface area (Å²) in [5.74, 6) is 0.579. The highest BCUT2D eigenvalue weighted by atomic mass is 35.5. The van der Waals surface area contributed by atoms with E-state index in [9.17, 15) is 4.79 Å². The number of piperidine rings is 3. The van der Waals surface area contributed by atoms with Gasteiger partial charge in [-0.15, -0.1) is 12.4 Å². The number of nitrogens with zero attached hydrogens (tertiary/aromatic N) is 2. The molecular formula is C15H19ClN4O. The van der Waals surface area contributed by atoms with Crippen molar-refractivity contribution in [2.24, 2.45) is 5.92 Å². The van der Waals surface area contributed by atoms with Gasteiger partial charge in [0.25, 0.3) is 5.91 Å². The van der Waals surface area contributed by atoms with E-state index in [0.29, 0.717) is 11.6 Å². The van der Waals surface area contributed by atoms with Crippen molar-refractivity contribution < 1.29 is 4.79 Å². The molecule has 1 aromatic heterocycles. The Hall–Kier alpha value is -1.59. The fourth-order valence-corrected chi connectivity index (χ4v) is 3.50. The second-order valence-corrected chi connectivity index (χ2v) is 5.84. The van der Waals surface area contributed by atoms with E-state index in [1.807, 2.05) is 24.3 Å². The van der Waals surface area contributed by atoms with Crippen LogP contribution >= 0.6 is 12.4 Å². The number of hydrogen-bond donors (Lipinski definition) is 2. The van der Waals surface area contributed by atoms with Gasteiger partial charge in [0.05, 0.1) is 5.52 Å². The summed E-state index contributed by atoms with van der Waals surface area (Å²) in [6.07, 6.45) is 2.40. The number of fused-ring (bicyclic) bond motifs is 4. The van der Waals surface area contributed by atoms with Crippen molar-refractivity contribution in [3.63, 3.8) is 0 Å². The van der Waals surface area contributed by atoms with Gasteiger partial charge in [0.1, 0.15) is 0 Å². The van der Waals surface area contributed by atoms with E-state index in [0.717, 1.165) is 17.4 Å². The fraction of sp³-hybridized carbons (Fsp3) is 0.467. The Morgan fingerprint density at radius 1 is 1.29 bits per heavy atom. The SMILES string of the molecule is Cl.O=C(N[C@H]1CN2CCC1CC2)c1n[nH]c2ccccc12. The lowest BCUT2D eigenvalue weighted by atomic mass is 9.84. The number of H-pyrrole nitrogens is 1. The third-order valence-corrected chi connectivity index (χ3v) is 4.66. The molecule has 2 aromatic rings. The van der Waals surface area contributed by atoms with Crippen LogP contribution in [0, 0.1) is 5.92 Å². The summed E-state index contributed by atoms with van der Waals surface area (Å²) in [5, 5.41) is 11.2. The van der Waals surface area contributed by atoms with Gasteiger partial charge >= 0.3 is 0 Å². The van der Waals surface area contributed by atoms with E-state index in [2.05, 4.69) is 20.4 Å². The Balaban J connectivity index is 0.00000132. The van der Waals surface area contributed by atoms with Gasteiger partial charge in [-0.25, -0.2) is 0 Å². The van der Waals surface area contributed by atoms with Gasteiger partial charge in [0.15, 0.2) is 5.69 Å². The zero-order valence-electron chi connectivity index (χ0n) is 11.7. The van der Waals surface area contributed by atoms with Gasteiger partial charge in [-0.05, 0) is 37.9 Å². The van der Waals surface area contributed by atoms with Crippen LogP contribution in [0.3, 0.4) is 0 Å². The molecule has 3 saturated heterocycles. The van der Waals surface area contributed by atoms with Gasteiger partial charge < -0.3 is 10.2 Å². The topological polar surface area (TPSA) is 61.0 Å². The van der Waals surface area contributed by atoms with Crippen LogP contribution < -0.4 is 5.32 Å². The summed E-state index contributed by atoms with van der Waals surface area (Å²) < 4.78 is 0. The Labute approximate surface area is 129 Å². The quantitative estimate of drug-likeness (QED) is 0.889. The van der Waals surface area contributed by atoms with Gasteiger partial charge in [-0.2, -0.15) is 5.10 Å². The lowest BCUT2D eigenvalue weighted by Crippen LogP contribution is -2.57. The highest BCUT2D eigenvalue weighted by molar-refractivity contribution is 6.04. The second-order valence-electron chi connectivity index (χ2n) is 5.84. The smallest absolute Gasteiger partial charge is 0.272 e. The lowest BCUT2D eigenvalue weighted by molar-refractivity contribution is 0.0618. The highest BCUT2D eigenvalue weighted by Gasteiger charge is 2.35. The molecular weight excluding hydrogens is 288 g/mol. The predicted molar refractivity (Wildman–Crippen MR) is 83.8 cm³/mol. The first-order valence-electron chi connectivity index (χ1n) is 7.27. The number of amides is 1. The standard InChI is InChI=1S/C15H18N4O.ClH/c20-15(14-11-3-1-2-4-12(11)17-18-14)16-13-9-19-7-5-10(13)6-8-19;/h1-4,10,13H,5-9H2,(H,16,20)(H,17,18);1H/t13-;/m0./s1. The minimum absolute atomic E-state index is 0. The van der Waals surface area contributed by atoms with E-state index >= 15 is 0 Å². The number of aromatic nitrogens is 2. The number of para-hydroxylation sites is 1. The van der Waals surface area contributed by atoms with Crippen molar-refractivity contribution >= 4 is 29.2 Å². The van der Waals surface area contributed by atoms with Gasteiger partial charge in [-0.1, -0.05) is 18.2 Å². The van der Waals surface area contributed by atoms with Gasteiger partial charge in [0, 0.05) is 18.0 Å². The molecule has 4 heterocycles. The molecule has 21 heavy (non-hydrogen) atoms. The zero-order chi connectivity index (χ0) is 13.5. The lowest BCUT2D eigenvalue weighted by Gasteiger charge is -2.44. The fourth-order valence-electron chi connectivity index (χ4n) is 3.50. The highest BCUT2D eigenvalue weighted by Crippen LogP contribution is 2.27. The summed E-state index contributed by atoms with van der Waals surface area (Å²) in [7, 11) is 0. The molecule has 1 atom stereocenters. The molecule has 5 rings (SSSR count). The largest absolute Gasteiger partial charge is 0.346 e. The van der Waals surface area contributed by atoms with Crippen LogP contribution in [-0.4, -0.2) is 46.7 Å². The number of aromatic amines is 1. The Kier molecular flexibility index (Phi) is 3.87. The molecule has 3 aliphatic heterocycles. The van der Waals surface area contributed by atoms with Crippen molar-refractivity contribution in [2.75, 3.05) is 19.6 Å². The number of benzene rings is 1. The molecule has 3 fully saturated rings. The predicted octanol–water partition coefficient (Wildman–Crippen LogP) is 1.81. The molecule has 0 aliphatic carbocycles. The first kappa shape index (κ1) is 14.4. The molecule has 112 valence electrons. The van der Waals surface area contributed by atoms with Crippen LogP contribution in [0.5, 0.6) is 0 Å². The summed E-state index contributed by atoms with van der Waals surface area (Å²) in [6.45, 7) is 3.35. The molecule has 2 bridgehead atoms. The third kappa shape index (κ3) is 2.51. The van der Waals surface area contributed by atoms with Crippen molar-refractivity contribution in [3.8, 4) is 0 Å². The normalized spacial score (nSPS) is 27.3. The van der Waals surface area contributed by atoms with Gasteiger partial charge in [-0.3, -0.25) is 9.89 Å².